The van der Waals surface area contributed by atoms with Crippen LogP contribution in [-0.2, 0) is 6.42 Å². The van der Waals surface area contributed by atoms with Crippen molar-refractivity contribution in [1.29, 1.82) is 0 Å². The van der Waals surface area contributed by atoms with Crippen molar-refractivity contribution in [3.8, 4) is 5.75 Å². The number of aromatic nitrogens is 2. The summed E-state index contributed by atoms with van der Waals surface area (Å²) in [7, 11) is 3.40. The first-order valence-electron chi connectivity index (χ1n) is 6.72. The molecule has 1 aromatic carbocycles. The first-order chi connectivity index (χ1) is 10.0. The highest BCUT2D eigenvalue weighted by Gasteiger charge is 2.21. The fourth-order valence-corrected chi connectivity index (χ4v) is 2.17. The van der Waals surface area contributed by atoms with Crippen LogP contribution in [-0.4, -0.2) is 41.2 Å². The second kappa shape index (κ2) is 6.30. The van der Waals surface area contributed by atoms with Crippen molar-refractivity contribution in [3.05, 3.63) is 41.7 Å². The molecule has 0 aliphatic carbocycles. The standard InChI is InChI=1S/C15H20N4O2/c1-10(8-11-6-4-5-7-13(11)21-3)19(2)15(20)14-12(16)9-17-18-14/h4-7,9-10H,8,16H2,1-3H3,(H,17,18). The molecule has 6 nitrogen and oxygen atoms in total. The van der Waals surface area contributed by atoms with Gasteiger partial charge in [0, 0.05) is 13.1 Å². The van der Waals surface area contributed by atoms with Gasteiger partial charge in [-0.3, -0.25) is 9.89 Å². The maximum Gasteiger partial charge on any atom is 0.274 e. The van der Waals surface area contributed by atoms with Gasteiger partial charge in [-0.1, -0.05) is 18.2 Å². The van der Waals surface area contributed by atoms with E-state index in [-0.39, 0.29) is 11.9 Å². The molecule has 2 aromatic rings. The molecule has 112 valence electrons. The SMILES string of the molecule is COc1ccccc1CC(C)N(C)C(=O)c1[nH]ncc1N. The van der Waals surface area contributed by atoms with Gasteiger partial charge in [-0.05, 0) is 25.0 Å². The van der Waals surface area contributed by atoms with Crippen molar-refractivity contribution < 1.29 is 9.53 Å². The van der Waals surface area contributed by atoms with Crippen LogP contribution in [0.1, 0.15) is 23.0 Å². The second-order valence-electron chi connectivity index (χ2n) is 4.98. The highest BCUT2D eigenvalue weighted by atomic mass is 16.5. The van der Waals surface area contributed by atoms with Crippen LogP contribution in [0.25, 0.3) is 0 Å². The summed E-state index contributed by atoms with van der Waals surface area (Å²) in [5, 5.41) is 6.41. The van der Waals surface area contributed by atoms with E-state index in [1.165, 1.54) is 6.20 Å². The van der Waals surface area contributed by atoms with E-state index >= 15 is 0 Å². The summed E-state index contributed by atoms with van der Waals surface area (Å²) in [5.74, 6) is 0.652. The Kier molecular flexibility index (Phi) is 4.47. The van der Waals surface area contributed by atoms with Crippen molar-refractivity contribution in [2.24, 2.45) is 0 Å². The Bertz CT molecular complexity index is 624. The number of ether oxygens (including phenoxy) is 1. The van der Waals surface area contributed by atoms with E-state index in [1.54, 1.807) is 19.1 Å². The van der Waals surface area contributed by atoms with Crippen LogP contribution in [0.4, 0.5) is 5.69 Å². The molecule has 0 spiro atoms. The summed E-state index contributed by atoms with van der Waals surface area (Å²) in [6, 6.07) is 7.79. The smallest absolute Gasteiger partial charge is 0.274 e. The third kappa shape index (κ3) is 3.16. The van der Waals surface area contributed by atoms with Gasteiger partial charge in [0.15, 0.2) is 0 Å². The first kappa shape index (κ1) is 14.9. The molecule has 1 atom stereocenters. The van der Waals surface area contributed by atoms with Gasteiger partial charge < -0.3 is 15.4 Å². The van der Waals surface area contributed by atoms with Gasteiger partial charge in [0.05, 0.1) is 19.0 Å². The summed E-state index contributed by atoms with van der Waals surface area (Å²) < 4.78 is 5.34. The minimum Gasteiger partial charge on any atom is -0.496 e. The van der Waals surface area contributed by atoms with Crippen molar-refractivity contribution in [2.75, 3.05) is 19.9 Å². The fraction of sp³-hybridized carbons (Fsp3) is 0.333. The largest absolute Gasteiger partial charge is 0.496 e. The number of likely N-dealkylation sites (N-methyl/N-ethyl adjacent to an activating group) is 1. The zero-order valence-electron chi connectivity index (χ0n) is 12.5. The topological polar surface area (TPSA) is 84.2 Å². The van der Waals surface area contributed by atoms with E-state index in [0.717, 1.165) is 11.3 Å². The quantitative estimate of drug-likeness (QED) is 0.877. The number of benzene rings is 1. The lowest BCUT2D eigenvalue weighted by Gasteiger charge is -2.25. The Balaban J connectivity index is 2.11. The van der Waals surface area contributed by atoms with E-state index in [2.05, 4.69) is 10.2 Å². The molecule has 3 N–H and O–H groups in total. The Morgan fingerprint density at radius 1 is 1.48 bits per heavy atom. The van der Waals surface area contributed by atoms with Gasteiger partial charge in [0.2, 0.25) is 0 Å². The van der Waals surface area contributed by atoms with Crippen LogP contribution >= 0.6 is 0 Å². The minimum absolute atomic E-state index is 0.00324. The average molecular weight is 288 g/mol. The van der Waals surface area contributed by atoms with E-state index in [4.69, 9.17) is 10.5 Å². The maximum atomic E-state index is 12.4. The van der Waals surface area contributed by atoms with Crippen LogP contribution in [0.5, 0.6) is 5.75 Å². The van der Waals surface area contributed by atoms with Gasteiger partial charge in [-0.15, -0.1) is 0 Å². The number of nitrogens with one attached hydrogen (secondary N) is 1. The number of aromatic amines is 1. The monoisotopic (exact) mass is 288 g/mol. The van der Waals surface area contributed by atoms with Crippen molar-refractivity contribution in [3.63, 3.8) is 0 Å². The van der Waals surface area contributed by atoms with Gasteiger partial charge in [0.25, 0.3) is 5.91 Å². The van der Waals surface area contributed by atoms with Crippen molar-refractivity contribution in [2.45, 2.75) is 19.4 Å². The van der Waals surface area contributed by atoms with Crippen LogP contribution in [0, 0.1) is 0 Å². The molecule has 0 saturated carbocycles. The lowest BCUT2D eigenvalue weighted by atomic mass is 10.0. The maximum absolute atomic E-state index is 12.4. The number of carbonyl (C=O) groups excluding carboxylic acids is 1. The highest BCUT2D eigenvalue weighted by molar-refractivity contribution is 5.97. The van der Waals surface area contributed by atoms with Crippen LogP contribution < -0.4 is 10.5 Å². The molecule has 1 heterocycles. The Hall–Kier alpha value is -2.50. The van der Waals surface area contributed by atoms with Crippen molar-refractivity contribution >= 4 is 11.6 Å². The van der Waals surface area contributed by atoms with Gasteiger partial charge in [0.1, 0.15) is 11.4 Å². The Morgan fingerprint density at radius 2 is 2.19 bits per heavy atom. The zero-order valence-corrected chi connectivity index (χ0v) is 12.5. The molecular formula is C15H20N4O2. The normalized spacial score (nSPS) is 12.0. The summed E-state index contributed by atoms with van der Waals surface area (Å²) in [6.07, 6.45) is 2.13. The van der Waals surface area contributed by atoms with Gasteiger partial charge >= 0.3 is 0 Å². The predicted octanol–water partition coefficient (Wildman–Crippen LogP) is 1.70. The van der Waals surface area contributed by atoms with Crippen molar-refractivity contribution in [1.82, 2.24) is 15.1 Å². The van der Waals surface area contributed by atoms with Crippen LogP contribution in [0.2, 0.25) is 0 Å². The zero-order chi connectivity index (χ0) is 15.4. The van der Waals surface area contributed by atoms with E-state index in [9.17, 15) is 4.79 Å². The number of amides is 1. The summed E-state index contributed by atoms with van der Waals surface area (Å²) >= 11 is 0. The predicted molar refractivity (Wildman–Crippen MR) is 81.3 cm³/mol. The molecule has 0 saturated heterocycles. The molecule has 0 fully saturated rings. The Morgan fingerprint density at radius 3 is 2.81 bits per heavy atom. The number of nitrogen functional groups attached to an aromatic ring is 1. The first-order valence-corrected chi connectivity index (χ1v) is 6.72. The Labute approximate surface area is 123 Å². The van der Waals surface area contributed by atoms with E-state index in [0.29, 0.717) is 17.8 Å². The molecule has 21 heavy (non-hydrogen) atoms. The fourth-order valence-electron chi connectivity index (χ4n) is 2.17. The molecule has 1 amide bonds. The number of hydrogen-bond donors (Lipinski definition) is 2. The summed E-state index contributed by atoms with van der Waals surface area (Å²) in [5.41, 5.74) is 7.46. The average Bonchev–Trinajstić information content (AvgIpc) is 2.92. The molecule has 0 bridgehead atoms. The van der Waals surface area contributed by atoms with E-state index < -0.39 is 0 Å². The lowest BCUT2D eigenvalue weighted by Crippen LogP contribution is -2.37. The molecular weight excluding hydrogens is 268 g/mol. The summed E-state index contributed by atoms with van der Waals surface area (Å²) in [4.78, 5) is 14.0. The lowest BCUT2D eigenvalue weighted by molar-refractivity contribution is 0.0738. The van der Waals surface area contributed by atoms with Crippen LogP contribution in [0.3, 0.4) is 0 Å². The number of anilines is 1. The number of nitrogens with two attached hydrogens (primary N) is 1. The van der Waals surface area contributed by atoms with Crippen LogP contribution in [0.15, 0.2) is 30.5 Å². The van der Waals surface area contributed by atoms with Gasteiger partial charge in [-0.2, -0.15) is 5.10 Å². The molecule has 2 rings (SSSR count). The number of methoxy groups -OCH3 is 1. The van der Waals surface area contributed by atoms with E-state index in [1.807, 2.05) is 31.2 Å². The van der Waals surface area contributed by atoms with Gasteiger partial charge in [-0.25, -0.2) is 0 Å². The number of para-hydroxylation sites is 1. The molecule has 0 aliphatic rings. The highest BCUT2D eigenvalue weighted by Crippen LogP contribution is 2.21. The number of carbonyl (C=O) groups is 1. The second-order valence-corrected chi connectivity index (χ2v) is 4.98. The molecule has 0 aliphatic heterocycles. The third-order valence-corrected chi connectivity index (χ3v) is 3.57. The molecule has 6 heteroatoms. The molecule has 0 radical (unpaired) electrons. The third-order valence-electron chi connectivity index (χ3n) is 3.57. The molecule has 1 unspecified atom stereocenters. The summed E-state index contributed by atoms with van der Waals surface area (Å²) in [6.45, 7) is 1.98. The number of H-pyrrole nitrogens is 1. The minimum atomic E-state index is -0.174. The molecule has 1 aromatic heterocycles. The number of nitrogens with zero attached hydrogens (tertiary/aromatic N) is 2. The number of hydrogen-bond acceptors (Lipinski definition) is 4. The number of rotatable bonds is 5.